The van der Waals surface area contributed by atoms with E-state index < -0.39 is 0 Å². The van der Waals surface area contributed by atoms with Crippen molar-refractivity contribution in [3.8, 4) is 0 Å². The molecule has 5 nitrogen and oxygen atoms in total. The van der Waals surface area contributed by atoms with Gasteiger partial charge in [-0.15, -0.1) is 0 Å². The zero-order valence-corrected chi connectivity index (χ0v) is 11.4. The topological polar surface area (TPSA) is 57.3 Å². The van der Waals surface area contributed by atoms with Crippen molar-refractivity contribution < 1.29 is 4.79 Å². The first kappa shape index (κ1) is 13.9. The second-order valence-electron chi connectivity index (χ2n) is 4.38. The van der Waals surface area contributed by atoms with Gasteiger partial charge >= 0.3 is 6.03 Å². The minimum atomic E-state index is -0.223. The normalized spacial score (nSPS) is 9.85. The van der Waals surface area contributed by atoms with Crippen molar-refractivity contribution in [2.45, 2.75) is 0 Å². The van der Waals surface area contributed by atoms with Crippen LogP contribution in [0.5, 0.6) is 0 Å². The molecule has 2 N–H and O–H groups in total. The molecule has 0 fully saturated rings. The second kappa shape index (κ2) is 7.13. The average molecular weight is 270 g/mol. The lowest BCUT2D eigenvalue weighted by Crippen LogP contribution is -2.35. The van der Waals surface area contributed by atoms with Crippen LogP contribution in [0.15, 0.2) is 54.9 Å². The van der Waals surface area contributed by atoms with E-state index in [1.54, 1.807) is 24.5 Å². The van der Waals surface area contributed by atoms with Crippen molar-refractivity contribution in [1.82, 2.24) is 10.3 Å². The third-order valence-corrected chi connectivity index (χ3v) is 2.85. The summed E-state index contributed by atoms with van der Waals surface area (Å²) in [5.41, 5.74) is 1.81. The molecule has 0 aliphatic heterocycles. The van der Waals surface area contributed by atoms with Gasteiger partial charge in [0.1, 0.15) is 0 Å². The Morgan fingerprint density at radius 2 is 2.00 bits per heavy atom. The van der Waals surface area contributed by atoms with Crippen molar-refractivity contribution >= 4 is 17.4 Å². The fourth-order valence-corrected chi connectivity index (χ4v) is 1.76. The number of likely N-dealkylation sites (N-methyl/N-ethyl adjacent to an activating group) is 1. The number of aromatic nitrogens is 1. The van der Waals surface area contributed by atoms with E-state index in [1.807, 2.05) is 37.4 Å². The molecule has 1 heterocycles. The Kier molecular flexibility index (Phi) is 4.94. The van der Waals surface area contributed by atoms with Gasteiger partial charge in [-0.1, -0.05) is 18.2 Å². The number of nitrogens with one attached hydrogen (secondary N) is 2. The Hall–Kier alpha value is -2.56. The number of nitrogens with zero attached hydrogens (tertiary/aromatic N) is 2. The van der Waals surface area contributed by atoms with Gasteiger partial charge in [0.2, 0.25) is 0 Å². The summed E-state index contributed by atoms with van der Waals surface area (Å²) in [6.07, 6.45) is 3.27. The van der Waals surface area contributed by atoms with Crippen LogP contribution >= 0.6 is 0 Å². The predicted octanol–water partition coefficient (Wildman–Crippen LogP) is 2.34. The zero-order chi connectivity index (χ0) is 14.2. The Labute approximate surface area is 118 Å². The van der Waals surface area contributed by atoms with Crippen LogP contribution in [0.25, 0.3) is 0 Å². The minimum Gasteiger partial charge on any atom is -0.373 e. The van der Waals surface area contributed by atoms with Crippen LogP contribution in [0, 0.1) is 0 Å². The second-order valence-corrected chi connectivity index (χ2v) is 4.38. The van der Waals surface area contributed by atoms with Crippen molar-refractivity contribution in [3.05, 3.63) is 54.9 Å². The van der Waals surface area contributed by atoms with Crippen LogP contribution < -0.4 is 15.5 Å². The van der Waals surface area contributed by atoms with Crippen LogP contribution in [-0.4, -0.2) is 31.2 Å². The van der Waals surface area contributed by atoms with Crippen molar-refractivity contribution in [3.63, 3.8) is 0 Å². The average Bonchev–Trinajstić information content (AvgIpc) is 2.49. The summed E-state index contributed by atoms with van der Waals surface area (Å²) in [4.78, 5) is 17.7. The Balaban J connectivity index is 1.72. The number of pyridine rings is 1. The van der Waals surface area contributed by atoms with E-state index in [4.69, 9.17) is 0 Å². The number of hydrogen-bond donors (Lipinski definition) is 2. The summed E-state index contributed by atoms with van der Waals surface area (Å²) in [5, 5.41) is 5.54. The first-order valence-electron chi connectivity index (χ1n) is 6.47. The molecule has 5 heteroatoms. The number of carbonyl (C=O) groups excluding carboxylic acids is 1. The van der Waals surface area contributed by atoms with E-state index >= 15 is 0 Å². The van der Waals surface area contributed by atoms with Crippen molar-refractivity contribution in [1.29, 1.82) is 0 Å². The van der Waals surface area contributed by atoms with Crippen LogP contribution in [0.3, 0.4) is 0 Å². The smallest absolute Gasteiger partial charge is 0.319 e. The maximum absolute atomic E-state index is 11.7. The molecular formula is C15H18N4O. The molecule has 0 aliphatic rings. The van der Waals surface area contributed by atoms with Crippen LogP contribution in [0.4, 0.5) is 16.2 Å². The quantitative estimate of drug-likeness (QED) is 0.876. The van der Waals surface area contributed by atoms with Gasteiger partial charge in [-0.3, -0.25) is 4.98 Å². The highest BCUT2D eigenvalue weighted by atomic mass is 16.2. The fraction of sp³-hybridized carbons (Fsp3) is 0.200. The van der Waals surface area contributed by atoms with Gasteiger partial charge in [0.25, 0.3) is 0 Å². The monoisotopic (exact) mass is 270 g/mol. The molecule has 2 rings (SSSR count). The summed E-state index contributed by atoms with van der Waals surface area (Å²) in [6, 6.07) is 13.4. The highest BCUT2D eigenvalue weighted by molar-refractivity contribution is 5.88. The molecule has 2 aromatic rings. The summed E-state index contributed by atoms with van der Waals surface area (Å²) in [6.45, 7) is 1.31. The summed E-state index contributed by atoms with van der Waals surface area (Å²) in [5.74, 6) is 0. The van der Waals surface area contributed by atoms with Crippen molar-refractivity contribution in [2.24, 2.45) is 0 Å². The van der Waals surface area contributed by atoms with Crippen LogP contribution in [-0.2, 0) is 0 Å². The highest BCUT2D eigenvalue weighted by Gasteiger charge is 2.03. The van der Waals surface area contributed by atoms with E-state index in [0.29, 0.717) is 12.2 Å². The summed E-state index contributed by atoms with van der Waals surface area (Å²) >= 11 is 0. The van der Waals surface area contributed by atoms with Gasteiger partial charge in [-0.2, -0.15) is 0 Å². The third-order valence-electron chi connectivity index (χ3n) is 2.85. The van der Waals surface area contributed by atoms with Crippen LogP contribution in [0.1, 0.15) is 0 Å². The maximum Gasteiger partial charge on any atom is 0.319 e. The van der Waals surface area contributed by atoms with Crippen molar-refractivity contribution in [2.75, 3.05) is 30.4 Å². The first-order chi connectivity index (χ1) is 9.75. The van der Waals surface area contributed by atoms with Gasteiger partial charge in [0.15, 0.2) is 0 Å². The molecule has 104 valence electrons. The molecule has 0 unspecified atom stereocenters. The molecule has 20 heavy (non-hydrogen) atoms. The van der Waals surface area contributed by atoms with Gasteiger partial charge in [-0.05, 0) is 24.3 Å². The lowest BCUT2D eigenvalue weighted by molar-refractivity contribution is 0.252. The number of benzene rings is 1. The number of carbonyl (C=O) groups is 1. The van der Waals surface area contributed by atoms with E-state index in [2.05, 4.69) is 20.5 Å². The number of hydrogen-bond acceptors (Lipinski definition) is 3. The molecule has 0 atom stereocenters. The molecule has 0 aliphatic carbocycles. The standard InChI is InChI=1S/C15H18N4O/c1-19(14-7-3-2-4-8-14)11-10-17-15(20)18-13-6-5-9-16-12-13/h2-9,12H,10-11H2,1H3,(H2,17,18,20). The van der Waals surface area contributed by atoms with E-state index in [1.165, 1.54) is 0 Å². The zero-order valence-electron chi connectivity index (χ0n) is 11.4. The van der Waals surface area contributed by atoms with Gasteiger partial charge in [0.05, 0.1) is 11.9 Å². The number of urea groups is 1. The Bertz CT molecular complexity index is 530. The number of anilines is 2. The Morgan fingerprint density at radius 1 is 1.20 bits per heavy atom. The van der Waals surface area contributed by atoms with E-state index in [9.17, 15) is 4.79 Å². The number of para-hydroxylation sites is 1. The fourth-order valence-electron chi connectivity index (χ4n) is 1.76. The molecule has 1 aromatic carbocycles. The van der Waals surface area contributed by atoms with Gasteiger partial charge < -0.3 is 15.5 Å². The number of amides is 2. The maximum atomic E-state index is 11.7. The minimum absolute atomic E-state index is 0.223. The molecule has 0 saturated heterocycles. The van der Waals surface area contributed by atoms with Gasteiger partial charge in [-0.25, -0.2) is 4.79 Å². The molecule has 0 bridgehead atoms. The molecule has 2 amide bonds. The summed E-state index contributed by atoms with van der Waals surface area (Å²) in [7, 11) is 2.00. The summed E-state index contributed by atoms with van der Waals surface area (Å²) < 4.78 is 0. The molecule has 0 saturated carbocycles. The molecule has 1 aromatic heterocycles. The molecule has 0 spiro atoms. The van der Waals surface area contributed by atoms with E-state index in [-0.39, 0.29) is 6.03 Å². The Morgan fingerprint density at radius 3 is 2.70 bits per heavy atom. The third kappa shape index (κ3) is 4.28. The lowest BCUT2D eigenvalue weighted by atomic mass is 10.3. The van der Waals surface area contributed by atoms with E-state index in [0.717, 1.165) is 12.2 Å². The van der Waals surface area contributed by atoms with Crippen LogP contribution in [0.2, 0.25) is 0 Å². The lowest BCUT2D eigenvalue weighted by Gasteiger charge is -2.19. The van der Waals surface area contributed by atoms with Gasteiger partial charge in [0, 0.05) is 32.0 Å². The SMILES string of the molecule is CN(CCNC(=O)Nc1cccnc1)c1ccccc1. The first-order valence-corrected chi connectivity index (χ1v) is 6.47. The molecular weight excluding hydrogens is 252 g/mol. The molecule has 0 radical (unpaired) electrons. The number of rotatable bonds is 5. The largest absolute Gasteiger partial charge is 0.373 e. The highest BCUT2D eigenvalue weighted by Crippen LogP contribution is 2.09. The predicted molar refractivity (Wildman–Crippen MR) is 81.0 cm³/mol.